The van der Waals surface area contributed by atoms with Crippen LogP contribution in [0.2, 0.25) is 0 Å². The molecule has 4 N–H and O–H groups in total. The molecule has 3 aromatic rings. The second-order valence-electron chi connectivity index (χ2n) is 10.0. The number of aliphatic carboxylic acids is 2. The van der Waals surface area contributed by atoms with Gasteiger partial charge in [-0.3, -0.25) is 4.79 Å². The van der Waals surface area contributed by atoms with Crippen molar-refractivity contribution in [1.29, 1.82) is 0 Å². The average molecular weight is 565 g/mol. The topological polar surface area (TPSA) is 134 Å². The summed E-state index contributed by atoms with van der Waals surface area (Å²) < 4.78 is 10.7. The Labute approximate surface area is 240 Å². The first kappa shape index (κ1) is 31.6. The zero-order valence-corrected chi connectivity index (χ0v) is 23.5. The number of carboxylic acids is 2. The molecular formula is C32H40N2O7. The number of hydrogen-bond acceptors (Lipinski definition) is 6. The number of anilines is 1. The first-order chi connectivity index (χ1) is 19.8. The fourth-order valence-corrected chi connectivity index (χ4v) is 4.43. The van der Waals surface area contributed by atoms with E-state index in [1.807, 2.05) is 43.3 Å². The molecule has 0 fully saturated rings. The molecule has 2 atom stereocenters. The number of carbonyl (C=O) groups excluding carboxylic acids is 1. The summed E-state index contributed by atoms with van der Waals surface area (Å²) >= 11 is 0. The van der Waals surface area contributed by atoms with Gasteiger partial charge < -0.3 is 30.3 Å². The van der Waals surface area contributed by atoms with Gasteiger partial charge in [-0.25, -0.2) is 9.59 Å². The minimum Gasteiger partial charge on any atom is -0.480 e. The Morgan fingerprint density at radius 2 is 1.51 bits per heavy atom. The van der Waals surface area contributed by atoms with E-state index in [-0.39, 0.29) is 6.61 Å². The van der Waals surface area contributed by atoms with E-state index in [0.29, 0.717) is 25.9 Å². The van der Waals surface area contributed by atoms with Crippen molar-refractivity contribution in [1.82, 2.24) is 5.32 Å². The molecule has 0 aliphatic carbocycles. The number of ether oxygens (including phenoxy) is 2. The number of hydrogen-bond donors (Lipinski definition) is 4. The van der Waals surface area contributed by atoms with E-state index in [1.54, 1.807) is 0 Å². The van der Waals surface area contributed by atoms with Gasteiger partial charge in [0.1, 0.15) is 6.61 Å². The van der Waals surface area contributed by atoms with E-state index in [2.05, 4.69) is 41.0 Å². The second kappa shape index (κ2) is 17.0. The van der Waals surface area contributed by atoms with Gasteiger partial charge in [-0.05, 0) is 67.5 Å². The molecule has 9 heteroatoms. The van der Waals surface area contributed by atoms with Crippen LogP contribution in [0.5, 0.6) is 0 Å². The van der Waals surface area contributed by atoms with E-state index in [4.69, 9.17) is 14.6 Å². The number of fused-ring (bicyclic) bond motifs is 1. The lowest BCUT2D eigenvalue weighted by Gasteiger charge is -2.23. The van der Waals surface area contributed by atoms with Crippen molar-refractivity contribution in [3.63, 3.8) is 0 Å². The Hall–Kier alpha value is -3.95. The molecule has 1 amide bonds. The Morgan fingerprint density at radius 3 is 2.24 bits per heavy atom. The summed E-state index contributed by atoms with van der Waals surface area (Å²) in [4.78, 5) is 35.7. The van der Waals surface area contributed by atoms with Crippen LogP contribution in [0, 0.1) is 6.92 Å². The van der Waals surface area contributed by atoms with Crippen LogP contribution >= 0.6 is 0 Å². The van der Waals surface area contributed by atoms with Crippen molar-refractivity contribution in [2.24, 2.45) is 0 Å². The summed E-state index contributed by atoms with van der Waals surface area (Å²) in [7, 11) is 0. The van der Waals surface area contributed by atoms with E-state index in [1.165, 1.54) is 21.9 Å². The van der Waals surface area contributed by atoms with Crippen LogP contribution in [-0.2, 0) is 30.3 Å². The maximum atomic E-state index is 12.9. The van der Waals surface area contributed by atoms with Gasteiger partial charge in [0.25, 0.3) is 5.91 Å². The van der Waals surface area contributed by atoms with Crippen LogP contribution < -0.4 is 10.6 Å². The van der Waals surface area contributed by atoms with Crippen molar-refractivity contribution in [3.8, 4) is 0 Å². The van der Waals surface area contributed by atoms with Gasteiger partial charge in [-0.1, -0.05) is 66.6 Å². The van der Waals surface area contributed by atoms with E-state index >= 15 is 0 Å². The fourth-order valence-electron chi connectivity index (χ4n) is 4.43. The van der Waals surface area contributed by atoms with Crippen LogP contribution in [0.1, 0.15) is 43.2 Å². The number of carbonyl (C=O) groups is 3. The average Bonchev–Trinajstić information content (AvgIpc) is 2.96. The monoisotopic (exact) mass is 564 g/mol. The Morgan fingerprint density at radius 1 is 0.780 bits per heavy atom. The molecule has 9 nitrogen and oxygen atoms in total. The Bertz CT molecular complexity index is 1260. The highest BCUT2D eigenvalue weighted by Crippen LogP contribution is 2.17. The Balaban J connectivity index is 1.42. The maximum absolute atomic E-state index is 12.9. The normalized spacial score (nSPS) is 12.5. The molecule has 3 aromatic carbocycles. The lowest BCUT2D eigenvalue weighted by atomic mass is 10.0. The van der Waals surface area contributed by atoms with Crippen LogP contribution in [0.3, 0.4) is 0 Å². The highest BCUT2D eigenvalue weighted by Gasteiger charge is 2.36. The highest BCUT2D eigenvalue weighted by atomic mass is 16.6. The number of nitrogens with one attached hydrogen (secondary N) is 2. The fraction of sp³-hybridized carbons (Fsp3) is 0.406. The van der Waals surface area contributed by atoms with Crippen molar-refractivity contribution in [3.05, 3.63) is 77.9 Å². The van der Waals surface area contributed by atoms with Crippen molar-refractivity contribution in [2.45, 2.75) is 57.7 Å². The number of benzene rings is 3. The predicted molar refractivity (Wildman–Crippen MR) is 158 cm³/mol. The van der Waals surface area contributed by atoms with E-state index in [0.717, 1.165) is 31.4 Å². The van der Waals surface area contributed by atoms with Crippen LogP contribution in [0.4, 0.5) is 5.69 Å². The first-order valence-electron chi connectivity index (χ1n) is 14.1. The predicted octanol–water partition coefficient (Wildman–Crippen LogP) is 4.81. The van der Waals surface area contributed by atoms with Gasteiger partial charge in [-0.15, -0.1) is 0 Å². The van der Waals surface area contributed by atoms with Gasteiger partial charge in [0.2, 0.25) is 0 Å². The van der Waals surface area contributed by atoms with Gasteiger partial charge in [0, 0.05) is 25.4 Å². The number of unbranched alkanes of at least 4 members (excludes halogenated alkanes) is 3. The molecular weight excluding hydrogens is 524 g/mol. The summed E-state index contributed by atoms with van der Waals surface area (Å²) in [6.07, 6.45) is 1.57. The molecule has 0 aromatic heterocycles. The zero-order valence-electron chi connectivity index (χ0n) is 23.5. The molecule has 0 saturated heterocycles. The number of aryl methyl sites for hydroxylation is 2. The lowest BCUT2D eigenvalue weighted by Crippen LogP contribution is -2.49. The quantitative estimate of drug-likeness (QED) is 0.153. The molecule has 0 spiro atoms. The van der Waals surface area contributed by atoms with Gasteiger partial charge >= 0.3 is 11.9 Å². The van der Waals surface area contributed by atoms with Crippen LogP contribution in [0.25, 0.3) is 10.8 Å². The number of rotatable bonds is 19. The SMILES string of the molecule is Cc1ccc(NCCCCOC(C(=O)NCCCCCc2ccc3ccccc3c2)C(OCC(=O)O)C(=O)O)cc1. The van der Waals surface area contributed by atoms with Crippen molar-refractivity contribution < 1.29 is 34.1 Å². The standard InChI is InChI=1S/C32H40N2O7/c1-23-12-16-27(17-13-23)33-18-7-8-20-40-29(30(32(38)39)41-22-28(35)36)31(37)34-19-6-2-3-9-24-14-15-25-10-4-5-11-26(25)21-24/h4-5,10-17,21,29-30,33H,2-3,6-9,18-20,22H2,1H3,(H,34,37)(H,35,36)(H,38,39). The maximum Gasteiger partial charge on any atom is 0.336 e. The van der Waals surface area contributed by atoms with Crippen LogP contribution in [-0.4, -0.2) is 66.6 Å². The molecule has 0 aliphatic rings. The number of amides is 1. The Kier molecular flexibility index (Phi) is 13.1. The molecule has 41 heavy (non-hydrogen) atoms. The molecule has 0 heterocycles. The zero-order chi connectivity index (χ0) is 29.5. The van der Waals surface area contributed by atoms with Crippen LogP contribution in [0.15, 0.2) is 66.7 Å². The van der Waals surface area contributed by atoms with Gasteiger partial charge in [0.05, 0.1) is 0 Å². The van der Waals surface area contributed by atoms with E-state index in [9.17, 15) is 19.5 Å². The largest absolute Gasteiger partial charge is 0.480 e. The summed E-state index contributed by atoms with van der Waals surface area (Å²) in [6.45, 7) is 2.33. The molecule has 220 valence electrons. The number of carboxylic acid groups (broad SMARTS) is 2. The molecule has 3 rings (SSSR count). The summed E-state index contributed by atoms with van der Waals surface area (Å²) in [5, 5.41) is 27.0. The molecule has 0 bridgehead atoms. The van der Waals surface area contributed by atoms with Crippen molar-refractivity contribution in [2.75, 3.05) is 31.6 Å². The summed E-state index contributed by atoms with van der Waals surface area (Å²) in [6, 6.07) is 22.7. The molecule has 0 aliphatic heterocycles. The second-order valence-corrected chi connectivity index (χ2v) is 10.0. The highest BCUT2D eigenvalue weighted by molar-refractivity contribution is 5.88. The summed E-state index contributed by atoms with van der Waals surface area (Å²) in [5.74, 6) is -3.41. The molecule has 0 radical (unpaired) electrons. The van der Waals surface area contributed by atoms with Gasteiger partial charge in [-0.2, -0.15) is 0 Å². The lowest BCUT2D eigenvalue weighted by molar-refractivity contribution is -0.172. The summed E-state index contributed by atoms with van der Waals surface area (Å²) in [5.41, 5.74) is 3.43. The van der Waals surface area contributed by atoms with E-state index < -0.39 is 36.7 Å². The third-order valence-electron chi connectivity index (χ3n) is 6.67. The third kappa shape index (κ3) is 11.2. The van der Waals surface area contributed by atoms with Gasteiger partial charge in [0.15, 0.2) is 12.2 Å². The minimum absolute atomic E-state index is 0.125. The van der Waals surface area contributed by atoms with Crippen molar-refractivity contribution >= 4 is 34.3 Å². The minimum atomic E-state index is -1.73. The molecule has 0 saturated carbocycles. The molecule has 2 unspecified atom stereocenters. The third-order valence-corrected chi connectivity index (χ3v) is 6.67. The first-order valence-corrected chi connectivity index (χ1v) is 14.1. The smallest absolute Gasteiger partial charge is 0.336 e.